The molecule has 0 aliphatic carbocycles. The number of likely N-dealkylation sites (tertiary alicyclic amines) is 1. The van der Waals surface area contributed by atoms with E-state index in [2.05, 4.69) is 39.8 Å². The smallest absolute Gasteiger partial charge is 0.489 e. The summed E-state index contributed by atoms with van der Waals surface area (Å²) in [6, 6.07) is 16.2. The number of pyridine rings is 1. The number of hydrogen-bond acceptors (Lipinski definition) is 6. The number of amides is 1. The Morgan fingerprint density at radius 2 is 1.74 bits per heavy atom. The van der Waals surface area contributed by atoms with Crippen molar-refractivity contribution < 1.29 is 23.6 Å². The van der Waals surface area contributed by atoms with E-state index >= 15 is 0 Å². The van der Waals surface area contributed by atoms with Crippen molar-refractivity contribution in [1.29, 1.82) is 0 Å². The summed E-state index contributed by atoms with van der Waals surface area (Å²) >= 11 is 0. The average molecular weight is 516 g/mol. The number of benzene rings is 2. The summed E-state index contributed by atoms with van der Waals surface area (Å²) in [4.78, 5) is 18.8. The van der Waals surface area contributed by atoms with Crippen LogP contribution in [-0.2, 0) is 14.0 Å². The van der Waals surface area contributed by atoms with Crippen LogP contribution in [0.25, 0.3) is 22.0 Å². The Morgan fingerprint density at radius 3 is 2.39 bits per heavy atom. The van der Waals surface area contributed by atoms with E-state index in [4.69, 9.17) is 23.8 Å². The third kappa shape index (κ3) is 5.38. The van der Waals surface area contributed by atoms with Crippen molar-refractivity contribution in [3.63, 3.8) is 0 Å². The van der Waals surface area contributed by atoms with Gasteiger partial charge in [-0.2, -0.15) is 0 Å². The van der Waals surface area contributed by atoms with E-state index in [1.165, 1.54) is 0 Å². The van der Waals surface area contributed by atoms with Gasteiger partial charge in [0.25, 0.3) is 0 Å². The third-order valence-electron chi connectivity index (χ3n) is 7.56. The highest BCUT2D eigenvalue weighted by molar-refractivity contribution is 6.65. The molecule has 0 bridgehead atoms. The van der Waals surface area contributed by atoms with Crippen LogP contribution in [0.15, 0.2) is 54.7 Å². The van der Waals surface area contributed by atoms with Gasteiger partial charge in [0.15, 0.2) is 0 Å². The number of carbonyl (C=O) groups excluding carboxylic acids is 1. The van der Waals surface area contributed by atoms with E-state index in [0.29, 0.717) is 13.1 Å². The van der Waals surface area contributed by atoms with Crippen LogP contribution in [0.4, 0.5) is 4.79 Å². The summed E-state index contributed by atoms with van der Waals surface area (Å²) in [6.45, 7) is 15.0. The highest BCUT2D eigenvalue weighted by Gasteiger charge is 2.52. The zero-order valence-corrected chi connectivity index (χ0v) is 23.4. The van der Waals surface area contributed by atoms with Gasteiger partial charge in [-0.3, -0.25) is 4.98 Å². The molecule has 8 heteroatoms. The standard InChI is InChI=1S/C30H37BN2O5/c1-28(2,3)36-27(34)33-16-15-23(19-33)35-22-13-11-20(12-14-22)26-17-21-9-8-10-25(24(21)18-32-26)31-37-29(4,5)30(6,7)38-31/h8-14,17-18,23H,15-16,19H2,1-7H3/t23-/m1/s1. The Balaban J connectivity index is 1.27. The predicted octanol–water partition coefficient (Wildman–Crippen LogP) is 5.59. The highest BCUT2D eigenvalue weighted by atomic mass is 16.7. The number of hydrogen-bond donors (Lipinski definition) is 0. The Kier molecular flexibility index (Phi) is 6.68. The van der Waals surface area contributed by atoms with Crippen molar-refractivity contribution in [3.05, 3.63) is 54.7 Å². The maximum atomic E-state index is 12.3. The summed E-state index contributed by atoms with van der Waals surface area (Å²) in [5, 5.41) is 2.10. The molecule has 3 heterocycles. The average Bonchev–Trinajstić information content (AvgIpc) is 3.39. The van der Waals surface area contributed by atoms with Gasteiger partial charge in [0.2, 0.25) is 0 Å². The van der Waals surface area contributed by atoms with Crippen LogP contribution in [0.3, 0.4) is 0 Å². The monoisotopic (exact) mass is 516 g/mol. The zero-order chi connectivity index (χ0) is 27.3. The second-order valence-electron chi connectivity index (χ2n) is 12.2. The predicted molar refractivity (Wildman–Crippen MR) is 150 cm³/mol. The molecule has 2 saturated heterocycles. The maximum Gasteiger partial charge on any atom is 0.495 e. The van der Waals surface area contributed by atoms with Crippen LogP contribution in [-0.4, -0.2) is 59.1 Å². The molecule has 5 rings (SSSR count). The van der Waals surface area contributed by atoms with E-state index in [1.54, 1.807) is 4.90 Å². The molecule has 38 heavy (non-hydrogen) atoms. The van der Waals surface area contributed by atoms with Crippen LogP contribution >= 0.6 is 0 Å². The lowest BCUT2D eigenvalue weighted by atomic mass is 9.76. The first-order valence-corrected chi connectivity index (χ1v) is 13.3. The SMILES string of the molecule is CC(C)(C)OC(=O)N1CC[C@@H](Oc2ccc(-c3cc4cccc(B5OC(C)(C)C(C)(C)O5)c4cn3)cc2)C1. The van der Waals surface area contributed by atoms with E-state index in [1.807, 2.05) is 63.4 Å². The lowest BCUT2D eigenvalue weighted by Gasteiger charge is -2.32. The number of carbonyl (C=O) groups is 1. The molecule has 2 aliphatic rings. The number of ether oxygens (including phenoxy) is 2. The lowest BCUT2D eigenvalue weighted by Crippen LogP contribution is -2.41. The Bertz CT molecular complexity index is 1320. The Labute approximate surface area is 225 Å². The molecule has 0 spiro atoms. The fourth-order valence-electron chi connectivity index (χ4n) is 4.74. The van der Waals surface area contributed by atoms with Gasteiger partial charge < -0.3 is 23.7 Å². The number of fused-ring (bicyclic) bond motifs is 1. The minimum Gasteiger partial charge on any atom is -0.489 e. The molecule has 7 nitrogen and oxygen atoms in total. The zero-order valence-electron chi connectivity index (χ0n) is 23.4. The molecule has 1 aromatic heterocycles. The van der Waals surface area contributed by atoms with Crippen LogP contribution in [0.5, 0.6) is 5.75 Å². The molecule has 3 aromatic rings. The molecule has 2 fully saturated rings. The van der Waals surface area contributed by atoms with Crippen molar-refractivity contribution in [3.8, 4) is 17.0 Å². The minimum absolute atomic E-state index is 0.0550. The van der Waals surface area contributed by atoms with Gasteiger partial charge in [-0.05, 0) is 95.0 Å². The molecule has 1 amide bonds. The quantitative estimate of drug-likeness (QED) is 0.421. The van der Waals surface area contributed by atoms with Gasteiger partial charge in [0, 0.05) is 24.7 Å². The topological polar surface area (TPSA) is 70.1 Å². The summed E-state index contributed by atoms with van der Waals surface area (Å²) in [7, 11) is -0.436. The summed E-state index contributed by atoms with van der Waals surface area (Å²) in [5.74, 6) is 0.772. The maximum absolute atomic E-state index is 12.3. The molecular formula is C30H37BN2O5. The van der Waals surface area contributed by atoms with Crippen LogP contribution in [0, 0.1) is 0 Å². The van der Waals surface area contributed by atoms with E-state index < -0.39 is 23.9 Å². The van der Waals surface area contributed by atoms with Gasteiger partial charge in [-0.15, -0.1) is 0 Å². The number of aromatic nitrogens is 1. The molecule has 0 saturated carbocycles. The number of nitrogens with zero attached hydrogens (tertiary/aromatic N) is 2. The second-order valence-corrected chi connectivity index (χ2v) is 12.2. The third-order valence-corrected chi connectivity index (χ3v) is 7.56. The fraction of sp³-hybridized carbons (Fsp3) is 0.467. The van der Waals surface area contributed by atoms with Crippen molar-refractivity contribution in [2.45, 2.75) is 77.8 Å². The van der Waals surface area contributed by atoms with E-state index in [9.17, 15) is 4.79 Å². The van der Waals surface area contributed by atoms with Crippen molar-refractivity contribution in [2.24, 2.45) is 0 Å². The van der Waals surface area contributed by atoms with Gasteiger partial charge in [0.05, 0.1) is 23.4 Å². The summed E-state index contributed by atoms with van der Waals surface area (Å²) in [5.41, 5.74) is 1.57. The molecule has 2 aromatic carbocycles. The Morgan fingerprint density at radius 1 is 1.05 bits per heavy atom. The molecular weight excluding hydrogens is 479 g/mol. The molecule has 0 unspecified atom stereocenters. The molecule has 200 valence electrons. The summed E-state index contributed by atoms with van der Waals surface area (Å²) < 4.78 is 24.2. The highest BCUT2D eigenvalue weighted by Crippen LogP contribution is 2.37. The van der Waals surface area contributed by atoms with Crippen LogP contribution in [0.1, 0.15) is 54.9 Å². The molecule has 2 aliphatic heterocycles. The lowest BCUT2D eigenvalue weighted by molar-refractivity contribution is 0.00578. The molecule has 0 radical (unpaired) electrons. The van der Waals surface area contributed by atoms with Crippen molar-refractivity contribution in [1.82, 2.24) is 9.88 Å². The number of rotatable bonds is 4. The minimum atomic E-state index is -0.504. The largest absolute Gasteiger partial charge is 0.495 e. The van der Waals surface area contributed by atoms with Gasteiger partial charge >= 0.3 is 13.2 Å². The van der Waals surface area contributed by atoms with Gasteiger partial charge in [0.1, 0.15) is 17.5 Å². The van der Waals surface area contributed by atoms with Gasteiger partial charge in [-0.1, -0.05) is 18.2 Å². The van der Waals surface area contributed by atoms with Gasteiger partial charge in [-0.25, -0.2) is 4.79 Å². The normalized spacial score (nSPS) is 20.7. The van der Waals surface area contributed by atoms with E-state index in [-0.39, 0.29) is 12.2 Å². The first kappa shape index (κ1) is 26.5. The van der Waals surface area contributed by atoms with Crippen molar-refractivity contribution in [2.75, 3.05) is 13.1 Å². The Hall–Kier alpha value is -3.10. The molecule has 0 N–H and O–H groups in total. The summed E-state index contributed by atoms with van der Waals surface area (Å²) in [6.07, 6.45) is 2.33. The van der Waals surface area contributed by atoms with Crippen molar-refractivity contribution >= 4 is 29.4 Å². The second kappa shape index (κ2) is 9.58. The first-order chi connectivity index (χ1) is 17.8. The first-order valence-electron chi connectivity index (χ1n) is 13.3. The van der Waals surface area contributed by atoms with Crippen LogP contribution in [0.2, 0.25) is 0 Å². The van der Waals surface area contributed by atoms with E-state index in [0.717, 1.165) is 39.7 Å². The molecule has 1 atom stereocenters. The van der Waals surface area contributed by atoms with Crippen LogP contribution < -0.4 is 10.2 Å². The fourth-order valence-corrected chi connectivity index (χ4v) is 4.74.